The Labute approximate surface area is 173 Å². The lowest BCUT2D eigenvalue weighted by atomic mass is 9.94. The highest BCUT2D eigenvalue weighted by Crippen LogP contribution is 2.19. The van der Waals surface area contributed by atoms with Crippen molar-refractivity contribution in [3.63, 3.8) is 0 Å². The van der Waals surface area contributed by atoms with Gasteiger partial charge in [0.25, 0.3) is 0 Å². The molecule has 2 aromatic carbocycles. The number of β-amino-alcohol motifs (C(OH)–C–C–N with tert-alkyl or cyclic N) is 1. The van der Waals surface area contributed by atoms with Crippen molar-refractivity contribution in [3.05, 3.63) is 59.7 Å². The number of aliphatic hydroxyl groups is 1. The van der Waals surface area contributed by atoms with Gasteiger partial charge in [0.05, 0.1) is 19.6 Å². The number of rotatable bonds is 10. The Hall–Kier alpha value is -2.26. The smallest absolute Gasteiger partial charge is 0.123 e. The monoisotopic (exact) mass is 404 g/mol. The van der Waals surface area contributed by atoms with Gasteiger partial charge in [-0.15, -0.1) is 12.4 Å². The van der Waals surface area contributed by atoms with Crippen LogP contribution in [0, 0.1) is 11.3 Å². The summed E-state index contributed by atoms with van der Waals surface area (Å²) in [5, 5.41) is 22.5. The highest BCUT2D eigenvalue weighted by atomic mass is 35.5. The number of nitrogens with one attached hydrogen (secondary N) is 1. The summed E-state index contributed by atoms with van der Waals surface area (Å²) >= 11 is 0. The molecular formula is C22H29ClN2O3. The lowest BCUT2D eigenvalue weighted by Crippen LogP contribution is -2.46. The van der Waals surface area contributed by atoms with Gasteiger partial charge in [-0.2, -0.15) is 5.26 Å². The highest BCUT2D eigenvalue weighted by Gasteiger charge is 2.19. The van der Waals surface area contributed by atoms with Crippen molar-refractivity contribution in [1.82, 2.24) is 5.32 Å². The lowest BCUT2D eigenvalue weighted by molar-refractivity contribution is 0.0984. The van der Waals surface area contributed by atoms with E-state index in [1.807, 2.05) is 48.5 Å². The zero-order valence-corrected chi connectivity index (χ0v) is 17.5. The van der Waals surface area contributed by atoms with Crippen LogP contribution in [0.15, 0.2) is 48.5 Å². The molecule has 0 aliphatic carbocycles. The summed E-state index contributed by atoms with van der Waals surface area (Å²) in [7, 11) is 1.66. The summed E-state index contributed by atoms with van der Waals surface area (Å²) in [6.07, 6.45) is 0.477. The topological polar surface area (TPSA) is 74.5 Å². The molecule has 1 unspecified atom stereocenters. The zero-order chi connectivity index (χ0) is 19.7. The maximum Gasteiger partial charge on any atom is 0.123 e. The second kappa shape index (κ2) is 11.6. The highest BCUT2D eigenvalue weighted by molar-refractivity contribution is 5.85. The summed E-state index contributed by atoms with van der Waals surface area (Å²) in [6.45, 7) is 4.80. The number of nitrogens with zero attached hydrogens (tertiary/aromatic N) is 1. The summed E-state index contributed by atoms with van der Waals surface area (Å²) in [5.74, 6) is 1.49. The van der Waals surface area contributed by atoms with E-state index < -0.39 is 6.10 Å². The number of para-hydroxylation sites is 1. The molecule has 0 aliphatic heterocycles. The van der Waals surface area contributed by atoms with Crippen LogP contribution >= 0.6 is 12.4 Å². The summed E-state index contributed by atoms with van der Waals surface area (Å²) in [4.78, 5) is 0. The number of halogens is 1. The van der Waals surface area contributed by atoms with E-state index in [-0.39, 0.29) is 24.6 Å². The molecule has 28 heavy (non-hydrogen) atoms. The first-order valence-electron chi connectivity index (χ1n) is 9.07. The van der Waals surface area contributed by atoms with Crippen molar-refractivity contribution in [2.24, 2.45) is 0 Å². The van der Waals surface area contributed by atoms with E-state index in [0.717, 1.165) is 17.7 Å². The third-order valence-electron chi connectivity index (χ3n) is 4.29. The number of ether oxygens (including phenoxy) is 2. The molecular weight excluding hydrogens is 376 g/mol. The minimum atomic E-state index is -0.643. The average Bonchev–Trinajstić information content (AvgIpc) is 2.66. The normalized spacial score (nSPS) is 11.8. The van der Waals surface area contributed by atoms with Crippen LogP contribution in [0.5, 0.6) is 11.5 Å². The Bertz CT molecular complexity index is 757. The Morgan fingerprint density at radius 3 is 2.46 bits per heavy atom. The molecule has 0 saturated carbocycles. The van der Waals surface area contributed by atoms with Crippen molar-refractivity contribution in [2.45, 2.75) is 38.3 Å². The van der Waals surface area contributed by atoms with Crippen LogP contribution in [0.25, 0.3) is 0 Å². The van der Waals surface area contributed by atoms with Crippen molar-refractivity contribution >= 4 is 12.4 Å². The molecule has 6 heteroatoms. The largest absolute Gasteiger partial charge is 0.497 e. The van der Waals surface area contributed by atoms with Crippen molar-refractivity contribution in [2.75, 3.05) is 20.3 Å². The predicted octanol–water partition coefficient (Wildman–Crippen LogP) is 3.53. The number of nitriles is 1. The fourth-order valence-electron chi connectivity index (χ4n) is 2.83. The molecule has 0 spiro atoms. The van der Waals surface area contributed by atoms with Crippen LogP contribution in [-0.2, 0) is 12.8 Å². The molecule has 0 bridgehead atoms. The molecule has 5 nitrogen and oxygen atoms in total. The first-order valence-corrected chi connectivity index (χ1v) is 9.07. The van der Waals surface area contributed by atoms with Gasteiger partial charge in [0.1, 0.15) is 24.2 Å². The summed E-state index contributed by atoms with van der Waals surface area (Å²) < 4.78 is 10.9. The third-order valence-corrected chi connectivity index (χ3v) is 4.29. The first-order chi connectivity index (χ1) is 12.9. The van der Waals surface area contributed by atoms with Gasteiger partial charge < -0.3 is 19.9 Å². The van der Waals surface area contributed by atoms with E-state index >= 15 is 0 Å². The first kappa shape index (κ1) is 23.8. The molecule has 2 N–H and O–H groups in total. The average molecular weight is 405 g/mol. The van der Waals surface area contributed by atoms with E-state index in [0.29, 0.717) is 18.7 Å². The molecule has 0 radical (unpaired) electrons. The molecule has 2 aromatic rings. The Balaban J connectivity index is 0.00000392. The summed E-state index contributed by atoms with van der Waals surface area (Å²) in [5.41, 5.74) is 1.86. The second-order valence-corrected chi connectivity index (χ2v) is 7.20. The molecule has 0 amide bonds. The third kappa shape index (κ3) is 7.77. The second-order valence-electron chi connectivity index (χ2n) is 7.20. The minimum absolute atomic E-state index is 0. The molecule has 0 aromatic heterocycles. The van der Waals surface area contributed by atoms with Gasteiger partial charge in [-0.25, -0.2) is 0 Å². The van der Waals surface area contributed by atoms with Gasteiger partial charge >= 0.3 is 0 Å². The fraction of sp³-hybridized carbons (Fsp3) is 0.409. The van der Waals surface area contributed by atoms with Crippen LogP contribution in [0.3, 0.4) is 0 Å². The fourth-order valence-corrected chi connectivity index (χ4v) is 2.83. The zero-order valence-electron chi connectivity index (χ0n) is 16.6. The predicted molar refractivity (Wildman–Crippen MR) is 113 cm³/mol. The Morgan fingerprint density at radius 2 is 1.82 bits per heavy atom. The molecule has 152 valence electrons. The van der Waals surface area contributed by atoms with Gasteiger partial charge in [-0.1, -0.05) is 30.3 Å². The molecule has 2 rings (SSSR count). The van der Waals surface area contributed by atoms with Crippen molar-refractivity contribution in [1.29, 1.82) is 5.26 Å². The quantitative estimate of drug-likeness (QED) is 0.633. The van der Waals surface area contributed by atoms with Crippen LogP contribution < -0.4 is 14.8 Å². The molecule has 0 saturated heterocycles. The Morgan fingerprint density at radius 1 is 1.14 bits per heavy atom. The van der Waals surface area contributed by atoms with Crippen LogP contribution in [0.1, 0.15) is 25.0 Å². The maximum absolute atomic E-state index is 10.3. The van der Waals surface area contributed by atoms with E-state index in [1.165, 1.54) is 5.56 Å². The van der Waals surface area contributed by atoms with Crippen LogP contribution in [-0.4, -0.2) is 37.0 Å². The standard InChI is InChI=1S/C22H28N2O3.ClH/c1-22(2,14-17-8-10-20(26-3)11-9-17)24-15-19(25)16-27-21-7-5-4-6-18(21)12-13-23;/h4-11,19,24-25H,12,14-16H2,1-3H3;1H. The van der Waals surface area contributed by atoms with Gasteiger partial charge in [0.2, 0.25) is 0 Å². The summed E-state index contributed by atoms with van der Waals surface area (Å²) in [6, 6.07) is 17.5. The van der Waals surface area contributed by atoms with Crippen molar-refractivity contribution < 1.29 is 14.6 Å². The molecule has 0 fully saturated rings. The van der Waals surface area contributed by atoms with Crippen molar-refractivity contribution in [3.8, 4) is 17.6 Å². The number of aliphatic hydroxyl groups excluding tert-OH is 1. The van der Waals surface area contributed by atoms with Gasteiger partial charge in [0.15, 0.2) is 0 Å². The number of hydrogen-bond donors (Lipinski definition) is 2. The van der Waals surface area contributed by atoms with Gasteiger partial charge in [-0.05, 0) is 44.0 Å². The lowest BCUT2D eigenvalue weighted by Gasteiger charge is -2.28. The number of benzene rings is 2. The molecule has 1 atom stereocenters. The minimum Gasteiger partial charge on any atom is -0.497 e. The molecule has 0 heterocycles. The van der Waals surface area contributed by atoms with E-state index in [1.54, 1.807) is 7.11 Å². The molecule has 0 aliphatic rings. The van der Waals surface area contributed by atoms with E-state index in [9.17, 15) is 5.11 Å². The van der Waals surface area contributed by atoms with Gasteiger partial charge in [-0.3, -0.25) is 0 Å². The van der Waals surface area contributed by atoms with Gasteiger partial charge in [0, 0.05) is 17.6 Å². The van der Waals surface area contributed by atoms with Crippen LogP contribution in [0.4, 0.5) is 0 Å². The number of methoxy groups -OCH3 is 1. The number of hydrogen-bond acceptors (Lipinski definition) is 5. The van der Waals surface area contributed by atoms with E-state index in [4.69, 9.17) is 14.7 Å². The van der Waals surface area contributed by atoms with E-state index in [2.05, 4.69) is 25.2 Å². The SMILES string of the molecule is COc1ccc(CC(C)(C)NCC(O)COc2ccccc2CC#N)cc1.Cl. The Kier molecular flexibility index (Phi) is 9.81. The van der Waals surface area contributed by atoms with Crippen LogP contribution in [0.2, 0.25) is 0 Å². The maximum atomic E-state index is 10.3.